The van der Waals surface area contributed by atoms with Gasteiger partial charge in [-0.05, 0) is 24.3 Å². The van der Waals surface area contributed by atoms with Crippen molar-refractivity contribution in [3.05, 3.63) is 29.8 Å². The highest BCUT2D eigenvalue weighted by molar-refractivity contribution is 7.94. The third-order valence-corrected chi connectivity index (χ3v) is 1.85. The molecule has 0 saturated heterocycles. The van der Waals surface area contributed by atoms with Gasteiger partial charge in [-0.2, -0.15) is 17.5 Å². The first-order valence-electron chi connectivity index (χ1n) is 3.19. The Morgan fingerprint density at radius 2 is 1.69 bits per heavy atom. The standard InChI is InChI=1S/C7H5F3O2S/c8-7(9,10)5-1-3-6(4-2-5)13-12-11/h1-4,11H. The Kier molecular flexibility index (Phi) is 3.18. The molecule has 0 aliphatic heterocycles. The molecule has 2 nitrogen and oxygen atoms in total. The minimum Gasteiger partial charge on any atom is -0.239 e. The van der Waals surface area contributed by atoms with Gasteiger partial charge in [-0.3, -0.25) is 0 Å². The molecule has 0 aromatic heterocycles. The van der Waals surface area contributed by atoms with E-state index in [2.05, 4.69) is 4.33 Å². The lowest BCUT2D eigenvalue weighted by Gasteiger charge is -2.05. The van der Waals surface area contributed by atoms with Crippen molar-refractivity contribution in [3.8, 4) is 0 Å². The normalized spacial score (nSPS) is 11.7. The van der Waals surface area contributed by atoms with Gasteiger partial charge in [0.05, 0.1) is 17.6 Å². The monoisotopic (exact) mass is 210 g/mol. The van der Waals surface area contributed by atoms with E-state index in [1.165, 1.54) is 12.1 Å². The van der Waals surface area contributed by atoms with Crippen LogP contribution >= 0.6 is 12.0 Å². The van der Waals surface area contributed by atoms with Crippen LogP contribution in [0.1, 0.15) is 5.56 Å². The number of halogens is 3. The number of rotatable bonds is 2. The first-order chi connectivity index (χ1) is 6.04. The minimum atomic E-state index is -4.33. The molecule has 0 aliphatic rings. The van der Waals surface area contributed by atoms with Crippen LogP contribution in [0, 0.1) is 0 Å². The molecule has 0 aliphatic carbocycles. The van der Waals surface area contributed by atoms with Gasteiger partial charge in [0.1, 0.15) is 0 Å². The van der Waals surface area contributed by atoms with Crippen LogP contribution in [0.5, 0.6) is 0 Å². The quantitative estimate of drug-likeness (QED) is 0.461. The van der Waals surface area contributed by atoms with Crippen molar-refractivity contribution in [3.63, 3.8) is 0 Å². The van der Waals surface area contributed by atoms with E-state index >= 15 is 0 Å². The molecule has 1 aromatic rings. The van der Waals surface area contributed by atoms with E-state index in [-0.39, 0.29) is 0 Å². The van der Waals surface area contributed by atoms with Crippen molar-refractivity contribution in [2.75, 3.05) is 0 Å². The maximum atomic E-state index is 12.0. The molecule has 1 aromatic carbocycles. The van der Waals surface area contributed by atoms with Crippen LogP contribution in [0.2, 0.25) is 0 Å². The van der Waals surface area contributed by atoms with Crippen LogP contribution in [0.4, 0.5) is 13.2 Å². The lowest BCUT2D eigenvalue weighted by Crippen LogP contribution is -2.03. The molecule has 0 unspecified atom stereocenters. The molecule has 1 N–H and O–H groups in total. The van der Waals surface area contributed by atoms with Gasteiger partial charge < -0.3 is 0 Å². The summed E-state index contributed by atoms with van der Waals surface area (Å²) in [5, 5.41) is 7.99. The predicted molar refractivity (Wildman–Crippen MR) is 41.0 cm³/mol. The van der Waals surface area contributed by atoms with E-state index in [1.807, 2.05) is 0 Å². The van der Waals surface area contributed by atoms with Crippen LogP contribution < -0.4 is 0 Å². The highest BCUT2D eigenvalue weighted by Crippen LogP contribution is 2.30. The van der Waals surface area contributed by atoms with Gasteiger partial charge in [0.15, 0.2) is 0 Å². The molecule has 1 rings (SSSR count). The SMILES string of the molecule is OOSc1ccc(C(F)(F)F)cc1. The van der Waals surface area contributed by atoms with Gasteiger partial charge in [0.25, 0.3) is 0 Å². The largest absolute Gasteiger partial charge is 0.416 e. The lowest BCUT2D eigenvalue weighted by atomic mass is 10.2. The highest BCUT2D eigenvalue weighted by atomic mass is 32.2. The molecule has 0 saturated carbocycles. The Balaban J connectivity index is 2.81. The zero-order chi connectivity index (χ0) is 9.90. The van der Waals surface area contributed by atoms with E-state index in [0.717, 1.165) is 12.1 Å². The van der Waals surface area contributed by atoms with E-state index in [9.17, 15) is 13.2 Å². The summed E-state index contributed by atoms with van der Waals surface area (Å²) in [5.74, 6) is 0. The number of alkyl halides is 3. The van der Waals surface area contributed by atoms with Crippen LogP contribution in [-0.2, 0) is 10.5 Å². The zero-order valence-corrected chi connectivity index (χ0v) is 7.02. The Labute approximate surface area is 76.5 Å². The van der Waals surface area contributed by atoms with Gasteiger partial charge in [0.2, 0.25) is 0 Å². The molecule has 0 spiro atoms. The maximum absolute atomic E-state index is 12.0. The summed E-state index contributed by atoms with van der Waals surface area (Å²) in [5.41, 5.74) is -0.727. The third kappa shape index (κ3) is 2.91. The Bertz CT molecular complexity index is 270. The second kappa shape index (κ2) is 3.99. The van der Waals surface area contributed by atoms with E-state index in [0.29, 0.717) is 16.9 Å². The summed E-state index contributed by atoms with van der Waals surface area (Å²) in [6, 6.07) is 4.26. The average Bonchev–Trinajstić information content (AvgIpc) is 2.04. The fraction of sp³-hybridized carbons (Fsp3) is 0.143. The summed E-state index contributed by atoms with van der Waals surface area (Å²) < 4.78 is 39.7. The molecule has 0 bridgehead atoms. The molecule has 13 heavy (non-hydrogen) atoms. The van der Waals surface area contributed by atoms with Gasteiger partial charge in [-0.1, -0.05) is 0 Å². The summed E-state index contributed by atoms with van der Waals surface area (Å²) in [4.78, 5) is 0.399. The van der Waals surface area contributed by atoms with Gasteiger partial charge in [-0.15, -0.1) is 0 Å². The molecule has 0 heterocycles. The first-order valence-corrected chi connectivity index (χ1v) is 3.93. The highest BCUT2D eigenvalue weighted by Gasteiger charge is 2.29. The Hall–Kier alpha value is -0.720. The van der Waals surface area contributed by atoms with Gasteiger partial charge >= 0.3 is 6.18 Å². The third-order valence-electron chi connectivity index (χ3n) is 1.32. The summed E-state index contributed by atoms with van der Waals surface area (Å²) in [7, 11) is 0. The molecule has 0 atom stereocenters. The molecular formula is C7H5F3O2S. The van der Waals surface area contributed by atoms with E-state index < -0.39 is 11.7 Å². The van der Waals surface area contributed by atoms with Crippen LogP contribution in [0.3, 0.4) is 0 Å². The van der Waals surface area contributed by atoms with Crippen molar-refractivity contribution >= 4 is 12.0 Å². The second-order valence-corrected chi connectivity index (χ2v) is 2.97. The zero-order valence-electron chi connectivity index (χ0n) is 6.21. The molecule has 6 heteroatoms. The minimum absolute atomic E-state index is 0.399. The van der Waals surface area contributed by atoms with Crippen LogP contribution in [0.25, 0.3) is 0 Å². The smallest absolute Gasteiger partial charge is 0.239 e. The average molecular weight is 210 g/mol. The fourth-order valence-corrected chi connectivity index (χ4v) is 1.08. The van der Waals surface area contributed by atoms with E-state index in [4.69, 9.17) is 5.26 Å². The molecule has 0 fully saturated rings. The number of benzene rings is 1. The Morgan fingerprint density at radius 1 is 1.15 bits per heavy atom. The van der Waals surface area contributed by atoms with Gasteiger partial charge in [-0.25, -0.2) is 5.26 Å². The predicted octanol–water partition coefficient (Wildman–Crippen LogP) is 3.20. The lowest BCUT2D eigenvalue weighted by molar-refractivity contribution is -0.137. The topological polar surface area (TPSA) is 29.5 Å². The maximum Gasteiger partial charge on any atom is 0.416 e. The summed E-state index contributed by atoms with van der Waals surface area (Å²) >= 11 is 0.583. The van der Waals surface area contributed by atoms with Crippen molar-refractivity contribution in [1.29, 1.82) is 0 Å². The van der Waals surface area contributed by atoms with Gasteiger partial charge in [0, 0.05) is 4.90 Å². The summed E-state index contributed by atoms with van der Waals surface area (Å²) in [6.07, 6.45) is -4.33. The summed E-state index contributed by atoms with van der Waals surface area (Å²) in [6.45, 7) is 0. The molecule has 0 amide bonds. The molecule has 72 valence electrons. The first kappa shape index (κ1) is 10.4. The Morgan fingerprint density at radius 3 is 2.08 bits per heavy atom. The second-order valence-electron chi connectivity index (χ2n) is 2.18. The van der Waals surface area contributed by atoms with Crippen molar-refractivity contribution in [2.24, 2.45) is 0 Å². The van der Waals surface area contributed by atoms with Crippen molar-refractivity contribution in [1.82, 2.24) is 0 Å². The van der Waals surface area contributed by atoms with Crippen molar-refractivity contribution < 1.29 is 22.8 Å². The number of hydrogen-bond donors (Lipinski definition) is 1. The van der Waals surface area contributed by atoms with Crippen LogP contribution in [0.15, 0.2) is 29.2 Å². The van der Waals surface area contributed by atoms with Crippen LogP contribution in [-0.4, -0.2) is 5.26 Å². The number of hydrogen-bond acceptors (Lipinski definition) is 3. The molecular weight excluding hydrogens is 205 g/mol. The van der Waals surface area contributed by atoms with Crippen molar-refractivity contribution in [2.45, 2.75) is 11.1 Å². The fourth-order valence-electron chi connectivity index (χ4n) is 0.743. The van der Waals surface area contributed by atoms with E-state index in [1.54, 1.807) is 0 Å². The molecule has 0 radical (unpaired) electrons.